The second-order valence-electron chi connectivity index (χ2n) is 4.61. The van der Waals surface area contributed by atoms with Crippen molar-refractivity contribution in [3.8, 4) is 11.8 Å². The van der Waals surface area contributed by atoms with Gasteiger partial charge in [0.05, 0.1) is 31.5 Å². The summed E-state index contributed by atoms with van der Waals surface area (Å²) < 4.78 is 6.96. The van der Waals surface area contributed by atoms with Crippen molar-refractivity contribution in [1.29, 1.82) is 5.26 Å². The van der Waals surface area contributed by atoms with Crippen molar-refractivity contribution in [3.63, 3.8) is 0 Å². The Morgan fingerprint density at radius 3 is 2.70 bits per heavy atom. The molecule has 0 saturated heterocycles. The van der Waals surface area contributed by atoms with Crippen molar-refractivity contribution in [1.82, 2.24) is 9.78 Å². The molecule has 0 amide bonds. The number of nitrogens with zero attached hydrogens (tertiary/aromatic N) is 3. The molecule has 0 saturated carbocycles. The van der Waals surface area contributed by atoms with Crippen LogP contribution in [0.4, 0.5) is 0 Å². The Kier molecular flexibility index (Phi) is 4.06. The largest absolute Gasteiger partial charge is 0.495 e. The van der Waals surface area contributed by atoms with Crippen molar-refractivity contribution in [3.05, 3.63) is 46.3 Å². The second kappa shape index (κ2) is 5.76. The van der Waals surface area contributed by atoms with E-state index in [1.165, 1.54) is 0 Å². The molecule has 0 bridgehead atoms. The lowest BCUT2D eigenvalue weighted by Gasteiger charge is -2.08. The monoisotopic (exact) mass is 271 g/mol. The van der Waals surface area contributed by atoms with Gasteiger partial charge in [-0.15, -0.1) is 0 Å². The molecule has 0 aliphatic carbocycles. The van der Waals surface area contributed by atoms with Crippen molar-refractivity contribution >= 4 is 0 Å². The Labute approximate surface area is 118 Å². The van der Waals surface area contributed by atoms with Gasteiger partial charge >= 0.3 is 0 Å². The van der Waals surface area contributed by atoms with Crippen LogP contribution >= 0.6 is 0 Å². The molecule has 20 heavy (non-hydrogen) atoms. The van der Waals surface area contributed by atoms with E-state index < -0.39 is 0 Å². The number of aliphatic hydroxyl groups excluding tert-OH is 1. The number of rotatable bonds is 4. The van der Waals surface area contributed by atoms with Gasteiger partial charge in [-0.05, 0) is 31.5 Å². The molecule has 0 radical (unpaired) electrons. The third kappa shape index (κ3) is 2.51. The zero-order chi connectivity index (χ0) is 14.7. The summed E-state index contributed by atoms with van der Waals surface area (Å²) in [5.74, 6) is 0.570. The quantitative estimate of drug-likeness (QED) is 0.922. The number of benzene rings is 1. The number of methoxy groups -OCH3 is 1. The van der Waals surface area contributed by atoms with Crippen LogP contribution in [0.5, 0.6) is 5.75 Å². The summed E-state index contributed by atoms with van der Waals surface area (Å²) in [5, 5.41) is 22.8. The smallest absolute Gasteiger partial charge is 0.136 e. The molecule has 0 fully saturated rings. The molecule has 0 atom stereocenters. The van der Waals surface area contributed by atoms with Gasteiger partial charge in [-0.2, -0.15) is 10.4 Å². The Morgan fingerprint density at radius 1 is 1.40 bits per heavy atom. The lowest BCUT2D eigenvalue weighted by Crippen LogP contribution is -2.05. The summed E-state index contributed by atoms with van der Waals surface area (Å²) in [6, 6.07) is 7.62. The highest BCUT2D eigenvalue weighted by Crippen LogP contribution is 2.20. The lowest BCUT2D eigenvalue weighted by atomic mass is 10.1. The Balaban J connectivity index is 2.34. The van der Waals surface area contributed by atoms with Crippen LogP contribution in [0, 0.1) is 25.2 Å². The molecule has 0 aliphatic rings. The predicted molar refractivity (Wildman–Crippen MR) is 74.4 cm³/mol. The number of hydrogen-bond donors (Lipinski definition) is 1. The molecule has 0 unspecified atom stereocenters. The van der Waals surface area contributed by atoms with E-state index in [0.29, 0.717) is 17.9 Å². The number of aryl methyl sites for hydroxylation is 1. The van der Waals surface area contributed by atoms with E-state index in [4.69, 9.17) is 10.00 Å². The summed E-state index contributed by atoms with van der Waals surface area (Å²) in [7, 11) is 1.55. The minimum absolute atomic E-state index is 0.0102. The normalized spacial score (nSPS) is 10.3. The first-order valence-corrected chi connectivity index (χ1v) is 6.31. The third-order valence-electron chi connectivity index (χ3n) is 3.41. The molecular weight excluding hydrogens is 254 g/mol. The maximum atomic E-state index is 9.32. The molecule has 2 aromatic rings. The molecule has 1 aromatic heterocycles. The predicted octanol–water partition coefficient (Wildman–Crippen LogP) is 1.92. The zero-order valence-corrected chi connectivity index (χ0v) is 11.8. The number of aliphatic hydroxyl groups is 1. The van der Waals surface area contributed by atoms with Crippen molar-refractivity contribution in [2.45, 2.75) is 27.0 Å². The van der Waals surface area contributed by atoms with Gasteiger partial charge in [0, 0.05) is 11.3 Å². The van der Waals surface area contributed by atoms with Crippen molar-refractivity contribution in [2.75, 3.05) is 7.11 Å². The topological polar surface area (TPSA) is 71.1 Å². The fourth-order valence-electron chi connectivity index (χ4n) is 2.23. The van der Waals surface area contributed by atoms with Gasteiger partial charge < -0.3 is 9.84 Å². The third-order valence-corrected chi connectivity index (χ3v) is 3.41. The Hall–Kier alpha value is -2.32. The van der Waals surface area contributed by atoms with Gasteiger partial charge in [0.25, 0.3) is 0 Å². The van der Waals surface area contributed by atoms with E-state index in [1.807, 2.05) is 24.6 Å². The first kappa shape index (κ1) is 14.1. The second-order valence-corrected chi connectivity index (χ2v) is 4.61. The zero-order valence-electron chi connectivity index (χ0n) is 11.8. The first-order valence-electron chi connectivity index (χ1n) is 6.31. The van der Waals surface area contributed by atoms with E-state index in [1.54, 1.807) is 19.2 Å². The van der Waals surface area contributed by atoms with E-state index in [-0.39, 0.29) is 6.61 Å². The van der Waals surface area contributed by atoms with Crippen LogP contribution in [-0.4, -0.2) is 22.0 Å². The van der Waals surface area contributed by atoms with Gasteiger partial charge in [-0.25, -0.2) is 0 Å². The number of aromatic nitrogens is 2. The van der Waals surface area contributed by atoms with Gasteiger partial charge in [-0.1, -0.05) is 6.07 Å². The van der Waals surface area contributed by atoms with Gasteiger partial charge in [0.1, 0.15) is 11.8 Å². The standard InChI is InChI=1S/C15H17N3O2/c1-10-14(9-19)11(2)18(17-10)8-12-4-5-15(20-3)13(6-12)7-16/h4-6,19H,8-9H2,1-3H3. The average Bonchev–Trinajstić information content (AvgIpc) is 2.72. The van der Waals surface area contributed by atoms with Crippen LogP contribution in [0.1, 0.15) is 28.1 Å². The van der Waals surface area contributed by atoms with Gasteiger partial charge in [0.2, 0.25) is 0 Å². The number of hydrogen-bond acceptors (Lipinski definition) is 4. The summed E-state index contributed by atoms with van der Waals surface area (Å²) >= 11 is 0. The highest BCUT2D eigenvalue weighted by atomic mass is 16.5. The van der Waals surface area contributed by atoms with E-state index in [2.05, 4.69) is 11.2 Å². The van der Waals surface area contributed by atoms with Crippen LogP contribution in [-0.2, 0) is 13.2 Å². The molecular formula is C15H17N3O2. The van der Waals surface area contributed by atoms with Crippen LogP contribution in [0.3, 0.4) is 0 Å². The number of nitriles is 1. The minimum Gasteiger partial charge on any atom is -0.495 e. The van der Waals surface area contributed by atoms with Crippen LogP contribution in [0.15, 0.2) is 18.2 Å². The van der Waals surface area contributed by atoms with Gasteiger partial charge in [-0.3, -0.25) is 4.68 Å². The van der Waals surface area contributed by atoms with Crippen LogP contribution in [0.25, 0.3) is 0 Å². The lowest BCUT2D eigenvalue weighted by molar-refractivity contribution is 0.280. The highest BCUT2D eigenvalue weighted by molar-refractivity contribution is 5.45. The fourth-order valence-corrected chi connectivity index (χ4v) is 2.23. The number of ether oxygens (including phenoxy) is 1. The molecule has 5 heteroatoms. The van der Waals surface area contributed by atoms with Crippen molar-refractivity contribution < 1.29 is 9.84 Å². The average molecular weight is 271 g/mol. The molecule has 1 heterocycles. The summed E-state index contributed by atoms with van der Waals surface area (Å²) in [5.41, 5.74) is 4.11. The van der Waals surface area contributed by atoms with Crippen LogP contribution in [0.2, 0.25) is 0 Å². The van der Waals surface area contributed by atoms with Crippen LogP contribution < -0.4 is 4.74 Å². The SMILES string of the molecule is COc1ccc(Cn2nc(C)c(CO)c2C)cc1C#N. The molecule has 1 N–H and O–H groups in total. The van der Waals surface area contributed by atoms with Gasteiger partial charge in [0.15, 0.2) is 0 Å². The van der Waals surface area contributed by atoms with Crippen molar-refractivity contribution in [2.24, 2.45) is 0 Å². The molecule has 0 aliphatic heterocycles. The molecule has 5 nitrogen and oxygen atoms in total. The van der Waals surface area contributed by atoms with E-state index in [0.717, 1.165) is 22.5 Å². The molecule has 0 spiro atoms. The van der Waals surface area contributed by atoms with E-state index in [9.17, 15) is 5.11 Å². The summed E-state index contributed by atoms with van der Waals surface area (Å²) in [4.78, 5) is 0. The molecule has 104 valence electrons. The molecule has 2 rings (SSSR count). The Bertz CT molecular complexity index is 668. The summed E-state index contributed by atoms with van der Waals surface area (Å²) in [6.07, 6.45) is 0. The minimum atomic E-state index is -0.0102. The summed E-state index contributed by atoms with van der Waals surface area (Å²) in [6.45, 7) is 4.36. The maximum Gasteiger partial charge on any atom is 0.136 e. The molecule has 1 aromatic carbocycles. The Morgan fingerprint density at radius 2 is 2.15 bits per heavy atom. The van der Waals surface area contributed by atoms with E-state index >= 15 is 0 Å². The first-order chi connectivity index (χ1) is 9.60. The fraction of sp³-hybridized carbons (Fsp3) is 0.333. The highest BCUT2D eigenvalue weighted by Gasteiger charge is 2.11. The maximum absolute atomic E-state index is 9.32.